The van der Waals surface area contributed by atoms with Crippen molar-refractivity contribution in [2.24, 2.45) is 0 Å². The van der Waals surface area contributed by atoms with E-state index in [1.807, 2.05) is 0 Å². The van der Waals surface area contributed by atoms with Crippen LogP contribution in [-0.4, -0.2) is 11.2 Å². The molecule has 0 amide bonds. The first kappa shape index (κ1) is 22.7. The number of nitrogens with zero attached hydrogens (tertiary/aromatic N) is 2. The molecule has 0 spiro atoms. The molecule has 0 N–H and O–H groups in total. The lowest BCUT2D eigenvalue weighted by atomic mass is 10.1. The molecule has 28 heavy (non-hydrogen) atoms. The maximum Gasteiger partial charge on any atom is 0.290 e. The van der Waals surface area contributed by atoms with E-state index < -0.39 is 0 Å². The Morgan fingerprint density at radius 3 is 2.07 bits per heavy atom. The zero-order chi connectivity index (χ0) is 19.9. The Hall–Kier alpha value is -1.61. The molecular formula is C25H41N2O+. The van der Waals surface area contributed by atoms with E-state index >= 15 is 0 Å². The first-order chi connectivity index (χ1) is 13.9. The molecule has 0 bridgehead atoms. The van der Waals surface area contributed by atoms with Gasteiger partial charge in [-0.2, -0.15) is 0 Å². The van der Waals surface area contributed by atoms with E-state index in [-0.39, 0.29) is 0 Å². The zero-order valence-electron chi connectivity index (χ0n) is 18.2. The molecule has 0 radical (unpaired) electrons. The number of aryl methyl sites for hydroxylation is 1. The van der Waals surface area contributed by atoms with Gasteiger partial charge in [0.05, 0.1) is 18.7 Å². The maximum atomic E-state index is 5.80. The molecule has 3 heteroatoms. The molecule has 1 heterocycles. The number of unbranched alkanes of at least 4 members (excludes halogenated alkanes) is 9. The van der Waals surface area contributed by atoms with Crippen molar-refractivity contribution in [1.29, 1.82) is 0 Å². The van der Waals surface area contributed by atoms with Crippen LogP contribution in [0.25, 0.3) is 11.4 Å². The summed E-state index contributed by atoms with van der Waals surface area (Å²) in [5.74, 6) is 1.26. The van der Waals surface area contributed by atoms with Crippen LogP contribution in [0.2, 0.25) is 0 Å². The number of ether oxygens (including phenoxy) is 1. The summed E-state index contributed by atoms with van der Waals surface area (Å²) in [7, 11) is 0. The highest BCUT2D eigenvalue weighted by Gasteiger charge is 2.18. The molecule has 0 fully saturated rings. The van der Waals surface area contributed by atoms with E-state index in [4.69, 9.17) is 4.74 Å². The van der Waals surface area contributed by atoms with Crippen LogP contribution in [0, 0.1) is 0 Å². The van der Waals surface area contributed by atoms with Crippen molar-refractivity contribution in [3.63, 3.8) is 0 Å². The van der Waals surface area contributed by atoms with Gasteiger partial charge in [0.1, 0.15) is 12.4 Å². The quantitative estimate of drug-likeness (QED) is 0.231. The van der Waals surface area contributed by atoms with Gasteiger partial charge in [-0.3, -0.25) is 0 Å². The molecule has 2 rings (SSSR count). The predicted octanol–water partition coefficient (Wildman–Crippen LogP) is 6.75. The van der Waals surface area contributed by atoms with Crippen LogP contribution in [0.15, 0.2) is 42.7 Å². The average Bonchev–Trinajstić information content (AvgIpc) is 3.13. The molecule has 156 valence electrons. The molecular weight excluding hydrogens is 344 g/mol. The van der Waals surface area contributed by atoms with Crippen molar-refractivity contribution in [3.8, 4) is 11.4 Å². The summed E-state index contributed by atoms with van der Waals surface area (Å²) in [6.07, 6.45) is 19.2. The van der Waals surface area contributed by atoms with Gasteiger partial charge in [0, 0.05) is 0 Å². The van der Waals surface area contributed by atoms with Crippen molar-refractivity contribution >= 4 is 0 Å². The Bertz CT molecular complexity index is 621. The number of imidazole rings is 1. The Kier molecular flexibility index (Phi) is 11.7. The number of aromatic nitrogens is 2. The van der Waals surface area contributed by atoms with E-state index in [0.717, 1.165) is 19.6 Å². The Balaban J connectivity index is 1.78. The van der Waals surface area contributed by atoms with Crippen LogP contribution in [-0.2, 0) is 18.0 Å². The minimum absolute atomic E-state index is 0.628. The highest BCUT2D eigenvalue weighted by atomic mass is 16.5. The maximum absolute atomic E-state index is 5.80. The van der Waals surface area contributed by atoms with E-state index in [1.54, 1.807) is 0 Å². The zero-order valence-corrected chi connectivity index (χ0v) is 18.2. The summed E-state index contributed by atoms with van der Waals surface area (Å²) in [5, 5.41) is 0. The number of rotatable bonds is 16. The van der Waals surface area contributed by atoms with Gasteiger partial charge >= 0.3 is 0 Å². The van der Waals surface area contributed by atoms with Crippen LogP contribution < -0.4 is 4.57 Å². The second-order valence-electron chi connectivity index (χ2n) is 7.87. The lowest BCUT2D eigenvalue weighted by Crippen LogP contribution is -2.36. The molecule has 0 aliphatic rings. The monoisotopic (exact) mass is 385 g/mol. The average molecular weight is 386 g/mol. The van der Waals surface area contributed by atoms with Crippen LogP contribution in [0.3, 0.4) is 0 Å². The third-order valence-electron chi connectivity index (χ3n) is 5.33. The molecule has 1 aromatic heterocycles. The standard InChI is InChI=1S/C25H41N2O/c1-3-5-6-7-8-9-10-11-12-16-19-26-20-21-27(23-28-22-4-2)25(26)24-17-14-13-15-18-24/h13-15,17-18,20-21H,3-12,16,19,22-23H2,1-2H3/q+1. The second-order valence-corrected chi connectivity index (χ2v) is 7.87. The summed E-state index contributed by atoms with van der Waals surface area (Å²) < 4.78 is 10.4. The van der Waals surface area contributed by atoms with Gasteiger partial charge in [0.15, 0.2) is 6.73 Å². The summed E-state index contributed by atoms with van der Waals surface area (Å²) in [5.41, 5.74) is 1.26. The van der Waals surface area contributed by atoms with Crippen LogP contribution >= 0.6 is 0 Å². The topological polar surface area (TPSA) is 18.0 Å². The van der Waals surface area contributed by atoms with Crippen molar-refractivity contribution < 1.29 is 9.30 Å². The van der Waals surface area contributed by atoms with Crippen molar-refractivity contribution in [1.82, 2.24) is 4.57 Å². The number of hydrogen-bond donors (Lipinski definition) is 0. The van der Waals surface area contributed by atoms with Gasteiger partial charge in [0.25, 0.3) is 5.82 Å². The Morgan fingerprint density at radius 2 is 1.43 bits per heavy atom. The van der Waals surface area contributed by atoms with Crippen molar-refractivity contribution in [2.75, 3.05) is 6.61 Å². The minimum Gasteiger partial charge on any atom is -0.342 e. The third-order valence-corrected chi connectivity index (χ3v) is 5.33. The predicted molar refractivity (Wildman–Crippen MR) is 118 cm³/mol. The molecule has 3 nitrogen and oxygen atoms in total. The highest BCUT2D eigenvalue weighted by molar-refractivity contribution is 5.52. The highest BCUT2D eigenvalue weighted by Crippen LogP contribution is 2.17. The number of hydrogen-bond acceptors (Lipinski definition) is 1. The first-order valence-electron chi connectivity index (χ1n) is 11.6. The fraction of sp³-hybridized carbons (Fsp3) is 0.640. The second kappa shape index (κ2) is 14.4. The van der Waals surface area contributed by atoms with E-state index in [2.05, 4.69) is 65.7 Å². The van der Waals surface area contributed by atoms with E-state index in [9.17, 15) is 0 Å². The SMILES string of the molecule is CCCCCCCCCCCCn1cc[n+](COCCC)c1-c1ccccc1. The summed E-state index contributed by atoms with van der Waals surface area (Å²) in [6.45, 7) is 6.96. The molecule has 0 unspecified atom stereocenters. The molecule has 0 aliphatic carbocycles. The van der Waals surface area contributed by atoms with Crippen LogP contribution in [0.5, 0.6) is 0 Å². The minimum atomic E-state index is 0.628. The first-order valence-corrected chi connectivity index (χ1v) is 11.6. The van der Waals surface area contributed by atoms with Gasteiger partial charge in [0.2, 0.25) is 0 Å². The van der Waals surface area contributed by atoms with E-state index in [0.29, 0.717) is 6.73 Å². The lowest BCUT2D eigenvalue weighted by molar-refractivity contribution is -0.722. The summed E-state index contributed by atoms with van der Waals surface area (Å²) in [6, 6.07) is 10.7. The van der Waals surface area contributed by atoms with Gasteiger partial charge < -0.3 is 4.74 Å². The van der Waals surface area contributed by atoms with Crippen LogP contribution in [0.1, 0.15) is 84.5 Å². The third kappa shape index (κ3) is 8.18. The molecule has 2 aromatic rings. The van der Waals surface area contributed by atoms with Crippen molar-refractivity contribution in [2.45, 2.75) is 97.8 Å². The largest absolute Gasteiger partial charge is 0.342 e. The van der Waals surface area contributed by atoms with Gasteiger partial charge in [-0.15, -0.1) is 0 Å². The molecule has 0 saturated carbocycles. The van der Waals surface area contributed by atoms with Gasteiger partial charge in [-0.1, -0.05) is 83.4 Å². The molecule has 0 aliphatic heterocycles. The Labute approximate surface area is 172 Å². The Morgan fingerprint density at radius 1 is 0.786 bits per heavy atom. The molecule has 1 aromatic carbocycles. The number of benzene rings is 1. The van der Waals surface area contributed by atoms with Gasteiger partial charge in [-0.25, -0.2) is 9.13 Å². The smallest absolute Gasteiger partial charge is 0.290 e. The normalized spacial score (nSPS) is 11.2. The fourth-order valence-corrected chi connectivity index (χ4v) is 3.75. The lowest BCUT2D eigenvalue weighted by Gasteiger charge is -2.06. The summed E-state index contributed by atoms with van der Waals surface area (Å²) >= 11 is 0. The molecule has 0 atom stereocenters. The van der Waals surface area contributed by atoms with Crippen LogP contribution in [0.4, 0.5) is 0 Å². The van der Waals surface area contributed by atoms with Gasteiger partial charge in [-0.05, 0) is 31.4 Å². The fourth-order valence-electron chi connectivity index (χ4n) is 3.75. The summed E-state index contributed by atoms with van der Waals surface area (Å²) in [4.78, 5) is 0. The van der Waals surface area contributed by atoms with Crippen molar-refractivity contribution in [3.05, 3.63) is 42.7 Å². The molecule has 0 saturated heterocycles. The van der Waals surface area contributed by atoms with E-state index in [1.165, 1.54) is 75.6 Å².